The Bertz CT molecular complexity index is 436. The number of ether oxygens (including phenoxy) is 1. The van der Waals surface area contributed by atoms with E-state index in [0.29, 0.717) is 29.7 Å². The van der Waals surface area contributed by atoms with Crippen LogP contribution in [-0.4, -0.2) is 18.3 Å². The van der Waals surface area contributed by atoms with E-state index in [-0.39, 0.29) is 11.6 Å². The molecule has 1 aromatic rings. The summed E-state index contributed by atoms with van der Waals surface area (Å²) >= 11 is 0. The van der Waals surface area contributed by atoms with Crippen LogP contribution in [-0.2, 0) is 6.42 Å². The highest BCUT2D eigenvalue weighted by atomic mass is 19.1. The van der Waals surface area contributed by atoms with E-state index in [1.165, 1.54) is 26.4 Å². The molecule has 18 heavy (non-hydrogen) atoms. The van der Waals surface area contributed by atoms with Gasteiger partial charge in [-0.2, -0.15) is 0 Å². The first-order chi connectivity index (χ1) is 8.72. The normalized spacial score (nSPS) is 30.9. The lowest BCUT2D eigenvalue weighted by atomic mass is 9.99. The van der Waals surface area contributed by atoms with E-state index < -0.39 is 6.10 Å². The van der Waals surface area contributed by atoms with Gasteiger partial charge in [-0.25, -0.2) is 4.39 Å². The number of benzene rings is 1. The molecule has 1 aromatic carbocycles. The molecule has 0 aromatic heterocycles. The first kappa shape index (κ1) is 12.0. The van der Waals surface area contributed by atoms with Crippen LogP contribution in [0.25, 0.3) is 0 Å². The second-order valence-electron chi connectivity index (χ2n) is 5.54. The first-order valence-corrected chi connectivity index (χ1v) is 6.72. The van der Waals surface area contributed by atoms with E-state index in [9.17, 15) is 9.50 Å². The maximum absolute atomic E-state index is 14.0. The van der Waals surface area contributed by atoms with E-state index in [1.807, 2.05) is 0 Å². The van der Waals surface area contributed by atoms with Crippen molar-refractivity contribution in [3.8, 4) is 5.75 Å². The molecular formula is C15H19FO2. The number of aliphatic hydroxyl groups excluding tert-OH is 1. The van der Waals surface area contributed by atoms with Crippen LogP contribution in [0.5, 0.6) is 5.75 Å². The number of fused-ring (bicyclic) bond motifs is 1. The zero-order valence-electron chi connectivity index (χ0n) is 10.6. The van der Waals surface area contributed by atoms with Gasteiger partial charge in [0.1, 0.15) is 0 Å². The summed E-state index contributed by atoms with van der Waals surface area (Å²) in [6.07, 6.45) is 3.79. The lowest BCUT2D eigenvalue weighted by Gasteiger charge is -2.14. The molecule has 2 saturated carbocycles. The van der Waals surface area contributed by atoms with Gasteiger partial charge >= 0.3 is 0 Å². The van der Waals surface area contributed by atoms with Gasteiger partial charge in [0.25, 0.3) is 0 Å². The Balaban J connectivity index is 1.69. The third kappa shape index (κ3) is 1.91. The molecule has 2 aliphatic rings. The van der Waals surface area contributed by atoms with Crippen LogP contribution in [0.4, 0.5) is 4.39 Å². The van der Waals surface area contributed by atoms with Gasteiger partial charge < -0.3 is 9.84 Å². The molecule has 0 saturated heterocycles. The van der Waals surface area contributed by atoms with Crippen LogP contribution in [0.15, 0.2) is 18.2 Å². The Morgan fingerprint density at radius 1 is 1.39 bits per heavy atom. The Hall–Kier alpha value is -1.09. The van der Waals surface area contributed by atoms with Crippen LogP contribution in [0, 0.1) is 23.6 Å². The standard InChI is InChI=1S/C15H19FO2/c1-18-13-7-2-4-9(15(13)16)8-12(17)14-10-5-3-6-11(10)14/h2,4,7,10-12,14,17H,3,5-6,8H2,1H3. The molecule has 0 radical (unpaired) electrons. The number of aliphatic hydroxyl groups is 1. The molecule has 2 nitrogen and oxygen atoms in total. The van der Waals surface area contributed by atoms with Crippen molar-refractivity contribution in [2.75, 3.05) is 7.11 Å². The fourth-order valence-electron chi connectivity index (χ4n) is 3.68. The number of rotatable bonds is 4. The molecule has 3 heteroatoms. The van der Waals surface area contributed by atoms with Crippen molar-refractivity contribution in [3.63, 3.8) is 0 Å². The summed E-state index contributed by atoms with van der Waals surface area (Å²) in [6.45, 7) is 0. The van der Waals surface area contributed by atoms with Crippen molar-refractivity contribution >= 4 is 0 Å². The van der Waals surface area contributed by atoms with E-state index >= 15 is 0 Å². The van der Waals surface area contributed by atoms with Crippen molar-refractivity contribution in [3.05, 3.63) is 29.6 Å². The maximum atomic E-state index is 14.0. The highest BCUT2D eigenvalue weighted by molar-refractivity contribution is 5.31. The lowest BCUT2D eigenvalue weighted by molar-refractivity contribution is 0.134. The van der Waals surface area contributed by atoms with Gasteiger partial charge in [-0.3, -0.25) is 0 Å². The summed E-state index contributed by atoms with van der Waals surface area (Å²) in [5, 5.41) is 10.2. The minimum atomic E-state index is -0.401. The van der Waals surface area contributed by atoms with Gasteiger partial charge in [0.15, 0.2) is 11.6 Å². The monoisotopic (exact) mass is 250 g/mol. The van der Waals surface area contributed by atoms with E-state index in [4.69, 9.17) is 4.74 Å². The summed E-state index contributed by atoms with van der Waals surface area (Å²) in [5.74, 6) is 1.74. The summed E-state index contributed by atoms with van der Waals surface area (Å²) in [7, 11) is 1.46. The molecule has 0 heterocycles. The topological polar surface area (TPSA) is 29.5 Å². The highest BCUT2D eigenvalue weighted by Gasteiger charge is 2.55. The molecule has 2 fully saturated rings. The SMILES string of the molecule is COc1cccc(CC(O)C2C3CCCC32)c1F. The number of methoxy groups -OCH3 is 1. The fraction of sp³-hybridized carbons (Fsp3) is 0.600. The first-order valence-electron chi connectivity index (χ1n) is 6.72. The van der Waals surface area contributed by atoms with E-state index in [1.54, 1.807) is 18.2 Å². The molecule has 0 amide bonds. The maximum Gasteiger partial charge on any atom is 0.168 e. The summed E-state index contributed by atoms with van der Waals surface area (Å²) in [5.41, 5.74) is 0.562. The van der Waals surface area contributed by atoms with Gasteiger partial charge in [-0.15, -0.1) is 0 Å². The highest BCUT2D eigenvalue weighted by Crippen LogP contribution is 2.59. The van der Waals surface area contributed by atoms with Gasteiger partial charge in [-0.05, 0) is 42.2 Å². The van der Waals surface area contributed by atoms with Gasteiger partial charge in [0.05, 0.1) is 13.2 Å². The van der Waals surface area contributed by atoms with Gasteiger partial charge in [0, 0.05) is 6.42 Å². The average molecular weight is 250 g/mol. The zero-order chi connectivity index (χ0) is 12.7. The average Bonchev–Trinajstić information content (AvgIpc) is 2.86. The minimum absolute atomic E-state index is 0.260. The van der Waals surface area contributed by atoms with Crippen molar-refractivity contribution in [2.45, 2.75) is 31.8 Å². The number of hydrogen-bond donors (Lipinski definition) is 1. The predicted molar refractivity (Wildman–Crippen MR) is 67.0 cm³/mol. The molecule has 1 N–H and O–H groups in total. The lowest BCUT2D eigenvalue weighted by Crippen LogP contribution is -2.17. The Labute approximate surface area is 107 Å². The van der Waals surface area contributed by atoms with Crippen molar-refractivity contribution in [1.82, 2.24) is 0 Å². The molecule has 98 valence electrons. The summed E-state index contributed by atoms with van der Waals surface area (Å²) in [4.78, 5) is 0. The quantitative estimate of drug-likeness (QED) is 0.890. The number of halogens is 1. The van der Waals surface area contributed by atoms with Crippen molar-refractivity contribution in [2.24, 2.45) is 17.8 Å². The Morgan fingerprint density at radius 3 is 2.78 bits per heavy atom. The largest absolute Gasteiger partial charge is 0.494 e. The molecule has 3 unspecified atom stereocenters. The second-order valence-corrected chi connectivity index (χ2v) is 5.54. The second kappa shape index (κ2) is 4.54. The van der Waals surface area contributed by atoms with E-state index in [0.717, 1.165) is 0 Å². The van der Waals surface area contributed by atoms with Crippen LogP contribution < -0.4 is 4.74 Å². The molecule has 2 aliphatic carbocycles. The van der Waals surface area contributed by atoms with Gasteiger partial charge in [-0.1, -0.05) is 18.6 Å². The van der Waals surface area contributed by atoms with Crippen molar-refractivity contribution in [1.29, 1.82) is 0 Å². The summed E-state index contributed by atoms with van der Waals surface area (Å²) in [6, 6.07) is 5.12. The molecule has 0 aliphatic heterocycles. The van der Waals surface area contributed by atoms with Crippen molar-refractivity contribution < 1.29 is 14.2 Å². The number of hydrogen-bond acceptors (Lipinski definition) is 2. The fourth-order valence-corrected chi connectivity index (χ4v) is 3.68. The zero-order valence-corrected chi connectivity index (χ0v) is 10.6. The predicted octanol–water partition coefficient (Wildman–Crippen LogP) is 2.78. The Morgan fingerprint density at radius 2 is 2.11 bits per heavy atom. The van der Waals surface area contributed by atoms with E-state index in [2.05, 4.69) is 0 Å². The third-order valence-corrected chi connectivity index (χ3v) is 4.61. The van der Waals surface area contributed by atoms with Crippen LogP contribution in [0.2, 0.25) is 0 Å². The molecule has 3 rings (SSSR count). The molecule has 3 atom stereocenters. The van der Waals surface area contributed by atoms with Crippen LogP contribution >= 0.6 is 0 Å². The Kier molecular flexibility index (Phi) is 3.02. The third-order valence-electron chi connectivity index (χ3n) is 4.61. The van der Waals surface area contributed by atoms with Crippen LogP contribution in [0.3, 0.4) is 0 Å². The molecular weight excluding hydrogens is 231 g/mol. The minimum Gasteiger partial charge on any atom is -0.494 e. The molecule has 0 bridgehead atoms. The summed E-state index contributed by atoms with van der Waals surface area (Å²) < 4.78 is 18.9. The molecule has 0 spiro atoms. The van der Waals surface area contributed by atoms with Gasteiger partial charge in [0.2, 0.25) is 0 Å². The smallest absolute Gasteiger partial charge is 0.168 e. The van der Waals surface area contributed by atoms with Crippen LogP contribution in [0.1, 0.15) is 24.8 Å².